The van der Waals surface area contributed by atoms with Crippen molar-refractivity contribution < 1.29 is 27.9 Å². The van der Waals surface area contributed by atoms with Crippen LogP contribution in [0.1, 0.15) is 12.8 Å². The lowest BCUT2D eigenvalue weighted by Gasteiger charge is -2.27. The SMILES string of the molecule is O=C(O)[C@H]1CCCN1C(=O)[C@@H](CS)C(F)(F)F. The van der Waals surface area contributed by atoms with Crippen LogP contribution in [0.15, 0.2) is 0 Å². The molecule has 0 radical (unpaired) electrons. The molecule has 17 heavy (non-hydrogen) atoms. The summed E-state index contributed by atoms with van der Waals surface area (Å²) >= 11 is 3.51. The molecule has 98 valence electrons. The molecule has 1 aliphatic rings. The number of aliphatic carboxylic acids is 1. The third-order valence-corrected chi connectivity index (χ3v) is 3.06. The lowest BCUT2D eigenvalue weighted by molar-refractivity contribution is -0.186. The minimum Gasteiger partial charge on any atom is -0.480 e. The van der Waals surface area contributed by atoms with Crippen LogP contribution in [0.5, 0.6) is 0 Å². The molecule has 1 heterocycles. The van der Waals surface area contributed by atoms with Crippen LogP contribution in [0.25, 0.3) is 0 Å². The number of carbonyl (C=O) groups is 2. The zero-order valence-electron chi connectivity index (χ0n) is 8.78. The van der Waals surface area contributed by atoms with Crippen molar-refractivity contribution >= 4 is 24.5 Å². The average molecular weight is 271 g/mol. The van der Waals surface area contributed by atoms with Gasteiger partial charge in [0, 0.05) is 12.3 Å². The first-order valence-electron chi connectivity index (χ1n) is 5.00. The van der Waals surface area contributed by atoms with Crippen molar-refractivity contribution in [1.82, 2.24) is 4.90 Å². The maximum absolute atomic E-state index is 12.5. The second-order valence-corrected chi connectivity index (χ2v) is 4.17. The smallest absolute Gasteiger partial charge is 0.401 e. The van der Waals surface area contributed by atoms with Gasteiger partial charge in [-0.05, 0) is 12.8 Å². The summed E-state index contributed by atoms with van der Waals surface area (Å²) in [5, 5.41) is 8.80. The van der Waals surface area contributed by atoms with Gasteiger partial charge in [-0.2, -0.15) is 25.8 Å². The summed E-state index contributed by atoms with van der Waals surface area (Å²) in [6, 6.07) is -1.15. The monoisotopic (exact) mass is 271 g/mol. The number of likely N-dealkylation sites (tertiary alicyclic amines) is 1. The molecule has 0 saturated carbocycles. The molecule has 0 unspecified atom stereocenters. The van der Waals surface area contributed by atoms with Gasteiger partial charge in [0.15, 0.2) is 0 Å². The minimum atomic E-state index is -4.69. The lowest BCUT2D eigenvalue weighted by Crippen LogP contribution is -2.47. The van der Waals surface area contributed by atoms with Crippen molar-refractivity contribution in [3.8, 4) is 0 Å². The maximum atomic E-state index is 12.5. The van der Waals surface area contributed by atoms with Gasteiger partial charge in [-0.1, -0.05) is 0 Å². The van der Waals surface area contributed by atoms with Gasteiger partial charge in [0.05, 0.1) is 0 Å². The summed E-state index contributed by atoms with van der Waals surface area (Å²) in [7, 11) is 0. The molecule has 1 rings (SSSR count). The van der Waals surface area contributed by atoms with Crippen molar-refractivity contribution in [2.24, 2.45) is 5.92 Å². The Kier molecular flexibility index (Phi) is 4.29. The quantitative estimate of drug-likeness (QED) is 0.758. The predicted molar refractivity (Wildman–Crippen MR) is 55.8 cm³/mol. The molecule has 1 saturated heterocycles. The number of alkyl halides is 3. The Balaban J connectivity index is 2.84. The highest BCUT2D eigenvalue weighted by molar-refractivity contribution is 7.80. The fourth-order valence-corrected chi connectivity index (χ4v) is 2.17. The molecule has 0 bridgehead atoms. The average Bonchev–Trinajstić information content (AvgIpc) is 2.64. The summed E-state index contributed by atoms with van der Waals surface area (Å²) in [6.07, 6.45) is -4.09. The number of thiol groups is 1. The number of carboxylic acids is 1. The number of halogens is 3. The van der Waals surface area contributed by atoms with Gasteiger partial charge >= 0.3 is 12.1 Å². The van der Waals surface area contributed by atoms with E-state index >= 15 is 0 Å². The number of carboxylic acid groups (broad SMARTS) is 1. The Labute approximate surface area is 101 Å². The largest absolute Gasteiger partial charge is 0.480 e. The van der Waals surface area contributed by atoms with E-state index in [9.17, 15) is 22.8 Å². The summed E-state index contributed by atoms with van der Waals surface area (Å²) in [6.45, 7) is 0.0517. The third-order valence-electron chi connectivity index (χ3n) is 2.70. The molecule has 1 amide bonds. The Morgan fingerprint density at radius 1 is 1.47 bits per heavy atom. The molecule has 8 heteroatoms. The van der Waals surface area contributed by atoms with Crippen LogP contribution >= 0.6 is 12.6 Å². The first-order valence-corrected chi connectivity index (χ1v) is 5.63. The van der Waals surface area contributed by atoms with Gasteiger partial charge in [0.25, 0.3) is 0 Å². The molecule has 1 N–H and O–H groups in total. The first kappa shape index (κ1) is 14.1. The maximum Gasteiger partial charge on any atom is 0.401 e. The number of amides is 1. The molecule has 1 fully saturated rings. The summed E-state index contributed by atoms with van der Waals surface area (Å²) in [5.74, 6) is -5.37. The molecule has 4 nitrogen and oxygen atoms in total. The number of hydrogen-bond donors (Lipinski definition) is 2. The molecule has 0 aromatic carbocycles. The van der Waals surface area contributed by atoms with Crippen LogP contribution in [0, 0.1) is 5.92 Å². The van der Waals surface area contributed by atoms with Crippen LogP contribution in [-0.4, -0.2) is 46.4 Å². The topological polar surface area (TPSA) is 57.6 Å². The molecule has 2 atom stereocenters. The molecular weight excluding hydrogens is 259 g/mol. The molecule has 0 aliphatic carbocycles. The van der Waals surface area contributed by atoms with Gasteiger partial charge in [-0.15, -0.1) is 0 Å². The van der Waals surface area contributed by atoms with Gasteiger partial charge in [-0.25, -0.2) is 4.79 Å². The van der Waals surface area contributed by atoms with Crippen molar-refractivity contribution in [3.05, 3.63) is 0 Å². The van der Waals surface area contributed by atoms with Crippen LogP contribution in [0.2, 0.25) is 0 Å². The molecule has 0 spiro atoms. The third kappa shape index (κ3) is 3.05. The molecule has 1 aliphatic heterocycles. The fraction of sp³-hybridized carbons (Fsp3) is 0.778. The minimum absolute atomic E-state index is 0.0517. The predicted octanol–water partition coefficient (Wildman–Crippen LogP) is 1.17. The number of nitrogens with zero attached hydrogens (tertiary/aromatic N) is 1. The highest BCUT2D eigenvalue weighted by Crippen LogP contribution is 2.31. The van der Waals surface area contributed by atoms with E-state index < -0.39 is 35.8 Å². The second-order valence-electron chi connectivity index (χ2n) is 3.80. The molecule has 0 aromatic heterocycles. The van der Waals surface area contributed by atoms with Gasteiger partial charge < -0.3 is 10.0 Å². The van der Waals surface area contributed by atoms with Crippen molar-refractivity contribution in [2.75, 3.05) is 12.3 Å². The van der Waals surface area contributed by atoms with Gasteiger partial charge in [0.2, 0.25) is 5.91 Å². The Bertz CT molecular complexity index is 321. The number of rotatable bonds is 3. The zero-order valence-corrected chi connectivity index (χ0v) is 9.67. The summed E-state index contributed by atoms with van der Waals surface area (Å²) in [4.78, 5) is 23.2. The van der Waals surface area contributed by atoms with E-state index in [-0.39, 0.29) is 13.0 Å². The van der Waals surface area contributed by atoms with E-state index in [2.05, 4.69) is 12.6 Å². The Hall–Kier alpha value is -0.920. The van der Waals surface area contributed by atoms with E-state index in [1.807, 2.05) is 0 Å². The Morgan fingerprint density at radius 3 is 2.47 bits per heavy atom. The number of hydrogen-bond acceptors (Lipinski definition) is 3. The van der Waals surface area contributed by atoms with E-state index in [4.69, 9.17) is 5.11 Å². The standard InChI is InChI=1S/C9H12F3NO3S/c10-9(11,12)5(4-17)7(14)13-3-1-2-6(13)8(15)16/h5-6,17H,1-4H2,(H,15,16)/t5-,6-/m1/s1. The fourth-order valence-electron chi connectivity index (χ4n) is 1.81. The normalized spacial score (nSPS) is 22.6. The van der Waals surface area contributed by atoms with Gasteiger partial charge in [0.1, 0.15) is 12.0 Å². The Morgan fingerprint density at radius 2 is 2.06 bits per heavy atom. The van der Waals surface area contributed by atoms with Crippen molar-refractivity contribution in [1.29, 1.82) is 0 Å². The zero-order chi connectivity index (χ0) is 13.2. The van der Waals surface area contributed by atoms with E-state index in [0.717, 1.165) is 4.90 Å². The highest BCUT2D eigenvalue weighted by atomic mass is 32.1. The highest BCUT2D eigenvalue weighted by Gasteiger charge is 2.48. The van der Waals surface area contributed by atoms with Crippen LogP contribution in [-0.2, 0) is 9.59 Å². The summed E-state index contributed by atoms with van der Waals surface area (Å²) in [5.41, 5.74) is 0. The van der Waals surface area contributed by atoms with Crippen LogP contribution in [0.3, 0.4) is 0 Å². The summed E-state index contributed by atoms with van der Waals surface area (Å²) < 4.78 is 37.5. The second kappa shape index (κ2) is 5.16. The first-order chi connectivity index (χ1) is 7.79. The van der Waals surface area contributed by atoms with E-state index in [1.54, 1.807) is 0 Å². The van der Waals surface area contributed by atoms with Crippen LogP contribution in [0.4, 0.5) is 13.2 Å². The lowest BCUT2D eigenvalue weighted by atomic mass is 10.1. The molecular formula is C9H12F3NO3S. The molecule has 0 aromatic rings. The van der Waals surface area contributed by atoms with E-state index in [0.29, 0.717) is 6.42 Å². The van der Waals surface area contributed by atoms with Crippen molar-refractivity contribution in [3.63, 3.8) is 0 Å². The van der Waals surface area contributed by atoms with Gasteiger partial charge in [-0.3, -0.25) is 4.79 Å². The number of carbonyl (C=O) groups excluding carboxylic acids is 1. The van der Waals surface area contributed by atoms with Crippen LogP contribution < -0.4 is 0 Å². The van der Waals surface area contributed by atoms with E-state index in [1.165, 1.54) is 0 Å². The van der Waals surface area contributed by atoms with Crippen molar-refractivity contribution in [2.45, 2.75) is 25.1 Å².